The minimum Gasteiger partial charge on any atom is -0.459 e. The number of nitrogen functional groups attached to an aromatic ring is 1. The zero-order chi connectivity index (χ0) is 12.3. The lowest BCUT2D eigenvalue weighted by molar-refractivity contribution is -0.0300. The maximum atomic E-state index is 11.8. The van der Waals surface area contributed by atoms with Crippen LogP contribution in [-0.2, 0) is 9.47 Å². The number of nitrogens with two attached hydrogens (primary N) is 1. The van der Waals surface area contributed by atoms with E-state index in [1.165, 1.54) is 0 Å². The summed E-state index contributed by atoms with van der Waals surface area (Å²) in [7, 11) is 0. The second-order valence-corrected chi connectivity index (χ2v) is 4.90. The first-order chi connectivity index (χ1) is 8.18. The summed E-state index contributed by atoms with van der Waals surface area (Å²) in [5, 5.41) is 0.414. The van der Waals surface area contributed by atoms with Gasteiger partial charge in [-0.1, -0.05) is 0 Å². The van der Waals surface area contributed by atoms with Crippen molar-refractivity contribution in [2.75, 3.05) is 18.9 Å². The van der Waals surface area contributed by atoms with E-state index >= 15 is 0 Å². The number of aromatic nitrogens is 1. The van der Waals surface area contributed by atoms with Gasteiger partial charge in [-0.15, -0.1) is 0 Å². The Morgan fingerprint density at radius 1 is 1.65 bits per heavy atom. The van der Waals surface area contributed by atoms with Gasteiger partial charge in [-0.2, -0.15) is 4.37 Å². The maximum absolute atomic E-state index is 11.8. The number of esters is 1. The fourth-order valence-electron chi connectivity index (χ4n) is 1.82. The average molecular weight is 256 g/mol. The van der Waals surface area contributed by atoms with Crippen molar-refractivity contribution >= 4 is 22.5 Å². The van der Waals surface area contributed by atoms with Crippen LogP contribution in [0.25, 0.3) is 0 Å². The van der Waals surface area contributed by atoms with Gasteiger partial charge in [-0.05, 0) is 37.7 Å². The Balaban J connectivity index is 1.89. The lowest BCUT2D eigenvalue weighted by Gasteiger charge is -2.22. The molecule has 1 aromatic heterocycles. The van der Waals surface area contributed by atoms with E-state index < -0.39 is 5.97 Å². The van der Waals surface area contributed by atoms with Crippen LogP contribution >= 0.6 is 11.5 Å². The van der Waals surface area contributed by atoms with E-state index in [4.69, 9.17) is 15.2 Å². The van der Waals surface area contributed by atoms with Crippen molar-refractivity contribution in [3.8, 4) is 0 Å². The Labute approximate surface area is 104 Å². The molecule has 1 aromatic rings. The Bertz CT molecular complexity index is 380. The summed E-state index contributed by atoms with van der Waals surface area (Å²) in [6, 6.07) is 0. The smallest absolute Gasteiger partial charge is 0.343 e. The molecule has 1 aliphatic rings. The molecule has 94 valence electrons. The van der Waals surface area contributed by atoms with Gasteiger partial charge in [0.05, 0.1) is 11.8 Å². The fraction of sp³-hybridized carbons (Fsp3) is 0.636. The Kier molecular flexibility index (Phi) is 3.96. The normalized spacial score (nSPS) is 20.2. The second kappa shape index (κ2) is 5.46. The maximum Gasteiger partial charge on any atom is 0.343 e. The Morgan fingerprint density at radius 3 is 3.06 bits per heavy atom. The molecule has 0 bridgehead atoms. The molecular formula is C11H16N2O3S. The lowest BCUT2D eigenvalue weighted by Crippen LogP contribution is -2.26. The van der Waals surface area contributed by atoms with Crippen LogP contribution in [-0.4, -0.2) is 29.7 Å². The number of carbonyl (C=O) groups excluding carboxylic acids is 1. The van der Waals surface area contributed by atoms with Crippen molar-refractivity contribution in [1.29, 1.82) is 0 Å². The van der Waals surface area contributed by atoms with E-state index in [9.17, 15) is 4.79 Å². The van der Waals surface area contributed by atoms with E-state index in [0.29, 0.717) is 22.9 Å². The Morgan fingerprint density at radius 2 is 2.47 bits per heavy atom. The zero-order valence-electron chi connectivity index (χ0n) is 9.77. The monoisotopic (exact) mass is 256 g/mol. The van der Waals surface area contributed by atoms with Crippen molar-refractivity contribution in [3.63, 3.8) is 0 Å². The standard InChI is InChI=1S/C11H16N2O3S/c1-7-9(10(12)17-13-7)11(14)16-6-8-4-2-3-5-15-8/h8H,2-6,12H2,1H3. The predicted molar refractivity (Wildman–Crippen MR) is 65.1 cm³/mol. The van der Waals surface area contributed by atoms with Gasteiger partial charge in [0.15, 0.2) is 0 Å². The summed E-state index contributed by atoms with van der Waals surface area (Å²) in [5.74, 6) is -0.400. The summed E-state index contributed by atoms with van der Waals surface area (Å²) < 4.78 is 14.7. The number of rotatable bonds is 3. The van der Waals surface area contributed by atoms with E-state index in [1.807, 2.05) is 0 Å². The van der Waals surface area contributed by atoms with Gasteiger partial charge in [0.25, 0.3) is 0 Å². The number of ether oxygens (including phenoxy) is 2. The van der Waals surface area contributed by atoms with Gasteiger partial charge in [0, 0.05) is 6.61 Å². The van der Waals surface area contributed by atoms with Crippen molar-refractivity contribution in [2.45, 2.75) is 32.3 Å². The van der Waals surface area contributed by atoms with Crippen LogP contribution in [0.3, 0.4) is 0 Å². The van der Waals surface area contributed by atoms with E-state index in [0.717, 1.165) is 37.4 Å². The molecule has 0 amide bonds. The van der Waals surface area contributed by atoms with Crippen LogP contribution in [0.4, 0.5) is 5.00 Å². The number of anilines is 1. The summed E-state index contributed by atoms with van der Waals surface area (Å²) in [4.78, 5) is 11.8. The molecular weight excluding hydrogens is 240 g/mol. The number of hydrogen-bond donors (Lipinski definition) is 1. The number of hydrogen-bond acceptors (Lipinski definition) is 6. The summed E-state index contributed by atoms with van der Waals surface area (Å²) in [5.41, 5.74) is 6.70. The van der Waals surface area contributed by atoms with Crippen molar-refractivity contribution in [2.24, 2.45) is 0 Å². The fourth-order valence-corrected chi connectivity index (χ4v) is 2.46. The minimum atomic E-state index is -0.400. The second-order valence-electron chi connectivity index (χ2n) is 4.09. The third kappa shape index (κ3) is 2.95. The number of carbonyl (C=O) groups is 1. The van der Waals surface area contributed by atoms with Gasteiger partial charge in [0.2, 0.25) is 0 Å². The summed E-state index contributed by atoms with van der Waals surface area (Å²) in [6.45, 7) is 2.80. The van der Waals surface area contributed by atoms with E-state index in [-0.39, 0.29) is 6.10 Å². The highest BCUT2D eigenvalue weighted by molar-refractivity contribution is 7.10. The predicted octanol–water partition coefficient (Wildman–Crippen LogP) is 1.76. The van der Waals surface area contributed by atoms with E-state index in [2.05, 4.69) is 4.37 Å². The van der Waals surface area contributed by atoms with Gasteiger partial charge in [-0.3, -0.25) is 0 Å². The van der Waals surface area contributed by atoms with Crippen LogP contribution in [0.2, 0.25) is 0 Å². The van der Waals surface area contributed by atoms with Gasteiger partial charge < -0.3 is 15.2 Å². The van der Waals surface area contributed by atoms with Gasteiger partial charge in [-0.25, -0.2) is 4.79 Å². The molecule has 0 radical (unpaired) electrons. The van der Waals surface area contributed by atoms with Crippen LogP contribution in [0.1, 0.15) is 35.3 Å². The molecule has 2 rings (SSSR count). The minimum absolute atomic E-state index is 0.0285. The number of nitrogens with zero attached hydrogens (tertiary/aromatic N) is 1. The highest BCUT2D eigenvalue weighted by Gasteiger charge is 2.21. The van der Waals surface area contributed by atoms with Crippen molar-refractivity contribution < 1.29 is 14.3 Å². The first-order valence-electron chi connectivity index (χ1n) is 5.69. The quantitative estimate of drug-likeness (QED) is 0.834. The third-order valence-electron chi connectivity index (χ3n) is 2.77. The lowest BCUT2D eigenvalue weighted by atomic mass is 10.1. The molecule has 1 atom stereocenters. The molecule has 1 fully saturated rings. The van der Waals surface area contributed by atoms with Gasteiger partial charge in [0.1, 0.15) is 17.2 Å². The topological polar surface area (TPSA) is 74.4 Å². The molecule has 2 heterocycles. The molecule has 1 saturated heterocycles. The van der Waals surface area contributed by atoms with Crippen LogP contribution in [0.5, 0.6) is 0 Å². The molecule has 0 saturated carbocycles. The SMILES string of the molecule is Cc1nsc(N)c1C(=O)OCC1CCCCO1. The number of aryl methyl sites for hydroxylation is 1. The van der Waals surface area contributed by atoms with Gasteiger partial charge >= 0.3 is 5.97 Å². The van der Waals surface area contributed by atoms with Crippen LogP contribution in [0, 0.1) is 6.92 Å². The highest BCUT2D eigenvalue weighted by atomic mass is 32.1. The molecule has 2 N–H and O–H groups in total. The van der Waals surface area contributed by atoms with Crippen LogP contribution in [0.15, 0.2) is 0 Å². The highest BCUT2D eigenvalue weighted by Crippen LogP contribution is 2.22. The molecule has 0 spiro atoms. The molecule has 0 aliphatic carbocycles. The average Bonchev–Trinajstić information content (AvgIpc) is 2.67. The summed E-state index contributed by atoms with van der Waals surface area (Å²) in [6.07, 6.45) is 3.19. The molecule has 0 aromatic carbocycles. The van der Waals surface area contributed by atoms with E-state index in [1.54, 1.807) is 6.92 Å². The van der Waals surface area contributed by atoms with Crippen molar-refractivity contribution in [1.82, 2.24) is 4.37 Å². The largest absolute Gasteiger partial charge is 0.459 e. The molecule has 6 heteroatoms. The first kappa shape index (κ1) is 12.3. The zero-order valence-corrected chi connectivity index (χ0v) is 10.6. The van der Waals surface area contributed by atoms with Crippen molar-refractivity contribution in [3.05, 3.63) is 11.3 Å². The molecule has 5 nitrogen and oxygen atoms in total. The molecule has 17 heavy (non-hydrogen) atoms. The molecule has 1 unspecified atom stereocenters. The Hall–Kier alpha value is -1.14. The molecule has 1 aliphatic heterocycles. The first-order valence-corrected chi connectivity index (χ1v) is 6.46. The summed E-state index contributed by atoms with van der Waals surface area (Å²) >= 11 is 1.12. The third-order valence-corrected chi connectivity index (χ3v) is 3.53. The van der Waals surface area contributed by atoms with Crippen LogP contribution < -0.4 is 5.73 Å².